The Kier molecular flexibility index (Phi) is 4.61. The number of nitrogens with zero attached hydrogens (tertiary/aromatic N) is 1. The summed E-state index contributed by atoms with van der Waals surface area (Å²) in [6.45, 7) is 8.45. The lowest BCUT2D eigenvalue weighted by atomic mass is 10.1. The van der Waals surface area contributed by atoms with E-state index in [0.717, 1.165) is 50.0 Å². The Morgan fingerprint density at radius 2 is 2.05 bits per heavy atom. The SMILES string of the molecule is CCCNCc1c(CN(CC)C2CC2)oc2ccccc12. The van der Waals surface area contributed by atoms with Crippen molar-refractivity contribution >= 4 is 11.0 Å². The van der Waals surface area contributed by atoms with Crippen LogP contribution in [-0.4, -0.2) is 24.0 Å². The fraction of sp³-hybridized carbons (Fsp3) is 0.556. The van der Waals surface area contributed by atoms with E-state index in [1.165, 1.54) is 23.8 Å². The number of furan rings is 1. The van der Waals surface area contributed by atoms with Gasteiger partial charge in [-0.3, -0.25) is 4.90 Å². The molecule has 0 atom stereocenters. The van der Waals surface area contributed by atoms with Crippen molar-refractivity contribution in [3.63, 3.8) is 0 Å². The number of hydrogen-bond donors (Lipinski definition) is 1. The molecule has 1 heterocycles. The second kappa shape index (κ2) is 6.63. The molecule has 0 spiro atoms. The summed E-state index contributed by atoms with van der Waals surface area (Å²) < 4.78 is 6.16. The van der Waals surface area contributed by atoms with E-state index in [1.54, 1.807) is 0 Å². The Balaban J connectivity index is 1.85. The summed E-state index contributed by atoms with van der Waals surface area (Å²) in [5.41, 5.74) is 2.37. The predicted octanol–water partition coefficient (Wildman–Crippen LogP) is 3.92. The third-order valence-corrected chi connectivity index (χ3v) is 4.33. The van der Waals surface area contributed by atoms with Crippen LogP contribution in [0.15, 0.2) is 28.7 Å². The van der Waals surface area contributed by atoms with E-state index >= 15 is 0 Å². The first-order chi connectivity index (χ1) is 10.3. The van der Waals surface area contributed by atoms with Gasteiger partial charge >= 0.3 is 0 Å². The van der Waals surface area contributed by atoms with Crippen molar-refractivity contribution in [1.82, 2.24) is 10.2 Å². The summed E-state index contributed by atoms with van der Waals surface area (Å²) in [5, 5.41) is 4.79. The summed E-state index contributed by atoms with van der Waals surface area (Å²) in [5.74, 6) is 1.15. The number of fused-ring (bicyclic) bond motifs is 1. The van der Waals surface area contributed by atoms with Crippen LogP contribution in [0.3, 0.4) is 0 Å². The largest absolute Gasteiger partial charge is 0.459 e. The fourth-order valence-corrected chi connectivity index (χ4v) is 2.98. The van der Waals surface area contributed by atoms with Crippen molar-refractivity contribution in [1.29, 1.82) is 0 Å². The lowest BCUT2D eigenvalue weighted by Gasteiger charge is -2.19. The van der Waals surface area contributed by atoms with E-state index in [4.69, 9.17) is 4.42 Å². The van der Waals surface area contributed by atoms with Gasteiger partial charge in [-0.05, 0) is 38.4 Å². The van der Waals surface area contributed by atoms with Gasteiger partial charge < -0.3 is 9.73 Å². The molecule has 114 valence electrons. The van der Waals surface area contributed by atoms with Gasteiger partial charge in [0, 0.05) is 23.5 Å². The Morgan fingerprint density at radius 1 is 1.24 bits per heavy atom. The van der Waals surface area contributed by atoms with E-state index in [0.29, 0.717) is 0 Å². The topological polar surface area (TPSA) is 28.4 Å². The van der Waals surface area contributed by atoms with Gasteiger partial charge in [0.15, 0.2) is 0 Å². The van der Waals surface area contributed by atoms with Crippen molar-refractivity contribution in [2.45, 2.75) is 52.2 Å². The highest BCUT2D eigenvalue weighted by atomic mass is 16.3. The molecule has 0 radical (unpaired) electrons. The predicted molar refractivity (Wildman–Crippen MR) is 87.3 cm³/mol. The molecule has 1 aromatic heterocycles. The van der Waals surface area contributed by atoms with Gasteiger partial charge in [0.1, 0.15) is 11.3 Å². The van der Waals surface area contributed by atoms with Crippen molar-refractivity contribution in [2.75, 3.05) is 13.1 Å². The Bertz CT molecular complexity index is 586. The first kappa shape index (κ1) is 14.6. The molecular formula is C18H26N2O. The molecule has 0 saturated heterocycles. The molecule has 0 amide bonds. The van der Waals surface area contributed by atoms with Gasteiger partial charge in [-0.1, -0.05) is 32.0 Å². The lowest BCUT2D eigenvalue weighted by Crippen LogP contribution is -2.25. The third-order valence-electron chi connectivity index (χ3n) is 4.33. The minimum absolute atomic E-state index is 0.777. The molecule has 1 aromatic carbocycles. The number of hydrogen-bond acceptors (Lipinski definition) is 3. The van der Waals surface area contributed by atoms with E-state index in [2.05, 4.69) is 48.3 Å². The molecule has 1 N–H and O–H groups in total. The number of rotatable bonds is 8. The van der Waals surface area contributed by atoms with Crippen LogP contribution in [0.25, 0.3) is 11.0 Å². The monoisotopic (exact) mass is 286 g/mol. The van der Waals surface area contributed by atoms with E-state index < -0.39 is 0 Å². The van der Waals surface area contributed by atoms with Crippen molar-refractivity contribution in [2.24, 2.45) is 0 Å². The smallest absolute Gasteiger partial charge is 0.134 e. The van der Waals surface area contributed by atoms with Gasteiger partial charge in [0.05, 0.1) is 6.54 Å². The van der Waals surface area contributed by atoms with Crippen molar-refractivity contribution < 1.29 is 4.42 Å². The van der Waals surface area contributed by atoms with Gasteiger partial charge in [0.25, 0.3) is 0 Å². The van der Waals surface area contributed by atoms with Gasteiger partial charge in [-0.2, -0.15) is 0 Å². The van der Waals surface area contributed by atoms with Gasteiger partial charge in [-0.25, -0.2) is 0 Å². The van der Waals surface area contributed by atoms with Crippen LogP contribution in [0.2, 0.25) is 0 Å². The fourth-order valence-electron chi connectivity index (χ4n) is 2.98. The Labute approximate surface area is 127 Å². The van der Waals surface area contributed by atoms with Gasteiger partial charge in [0.2, 0.25) is 0 Å². The molecule has 21 heavy (non-hydrogen) atoms. The first-order valence-corrected chi connectivity index (χ1v) is 8.27. The highest BCUT2D eigenvalue weighted by Crippen LogP contribution is 2.31. The molecule has 3 heteroatoms. The molecule has 2 aromatic rings. The van der Waals surface area contributed by atoms with Crippen LogP contribution < -0.4 is 5.32 Å². The Morgan fingerprint density at radius 3 is 2.76 bits per heavy atom. The standard InChI is InChI=1S/C18H26N2O/c1-3-11-19-12-16-15-7-5-6-8-17(15)21-18(16)13-20(4-2)14-9-10-14/h5-8,14,19H,3-4,9-13H2,1-2H3. The average Bonchev–Trinajstić information content (AvgIpc) is 3.29. The maximum atomic E-state index is 6.16. The summed E-state index contributed by atoms with van der Waals surface area (Å²) in [7, 11) is 0. The van der Waals surface area contributed by atoms with Crippen LogP contribution in [0.5, 0.6) is 0 Å². The summed E-state index contributed by atoms with van der Waals surface area (Å²) in [4.78, 5) is 2.54. The first-order valence-electron chi connectivity index (χ1n) is 8.27. The summed E-state index contributed by atoms with van der Waals surface area (Å²) in [6, 6.07) is 9.19. The second-order valence-corrected chi connectivity index (χ2v) is 5.97. The zero-order chi connectivity index (χ0) is 14.7. The number of nitrogens with one attached hydrogen (secondary N) is 1. The molecule has 3 nitrogen and oxygen atoms in total. The quantitative estimate of drug-likeness (QED) is 0.746. The van der Waals surface area contributed by atoms with Crippen molar-refractivity contribution in [3.05, 3.63) is 35.6 Å². The maximum absolute atomic E-state index is 6.16. The van der Waals surface area contributed by atoms with E-state index in [9.17, 15) is 0 Å². The van der Waals surface area contributed by atoms with E-state index in [-0.39, 0.29) is 0 Å². The molecule has 1 fully saturated rings. The maximum Gasteiger partial charge on any atom is 0.134 e. The molecule has 3 rings (SSSR count). The molecule has 0 aliphatic heterocycles. The zero-order valence-electron chi connectivity index (χ0n) is 13.2. The van der Waals surface area contributed by atoms with Crippen LogP contribution in [0.1, 0.15) is 44.4 Å². The molecule has 0 unspecified atom stereocenters. The molecular weight excluding hydrogens is 260 g/mol. The minimum Gasteiger partial charge on any atom is -0.459 e. The normalized spacial score (nSPS) is 15.2. The second-order valence-electron chi connectivity index (χ2n) is 5.97. The molecule has 0 bridgehead atoms. The molecule has 1 aliphatic carbocycles. The van der Waals surface area contributed by atoms with Gasteiger partial charge in [-0.15, -0.1) is 0 Å². The number of para-hydroxylation sites is 1. The third kappa shape index (κ3) is 3.30. The average molecular weight is 286 g/mol. The molecule has 1 saturated carbocycles. The van der Waals surface area contributed by atoms with Crippen molar-refractivity contribution in [3.8, 4) is 0 Å². The van der Waals surface area contributed by atoms with Crippen LogP contribution in [0, 0.1) is 0 Å². The summed E-state index contributed by atoms with van der Waals surface area (Å²) >= 11 is 0. The van der Waals surface area contributed by atoms with Crippen LogP contribution in [-0.2, 0) is 13.1 Å². The highest BCUT2D eigenvalue weighted by Gasteiger charge is 2.29. The summed E-state index contributed by atoms with van der Waals surface area (Å²) in [6.07, 6.45) is 3.85. The number of benzene rings is 1. The minimum atomic E-state index is 0.777. The lowest BCUT2D eigenvalue weighted by molar-refractivity contribution is 0.247. The Hall–Kier alpha value is -1.32. The van der Waals surface area contributed by atoms with E-state index in [1.807, 2.05) is 0 Å². The highest BCUT2D eigenvalue weighted by molar-refractivity contribution is 5.82. The zero-order valence-corrected chi connectivity index (χ0v) is 13.2. The van der Waals surface area contributed by atoms with Crippen LogP contribution >= 0.6 is 0 Å². The molecule has 1 aliphatic rings. The van der Waals surface area contributed by atoms with Crippen LogP contribution in [0.4, 0.5) is 0 Å².